The van der Waals surface area contributed by atoms with Gasteiger partial charge < -0.3 is 20.1 Å². The van der Waals surface area contributed by atoms with Crippen molar-refractivity contribution in [2.24, 2.45) is 10.9 Å². The molecule has 2 saturated heterocycles. The van der Waals surface area contributed by atoms with Gasteiger partial charge in [0.2, 0.25) is 0 Å². The van der Waals surface area contributed by atoms with E-state index in [2.05, 4.69) is 22.5 Å². The molecule has 3 rings (SSSR count). The predicted octanol–water partition coefficient (Wildman–Crippen LogP) is 2.54. The quantitative estimate of drug-likeness (QED) is 0.329. The maximum absolute atomic E-state index is 13.5. The summed E-state index contributed by atoms with van der Waals surface area (Å²) in [7, 11) is 0. The molecule has 1 aromatic rings. The summed E-state index contributed by atoms with van der Waals surface area (Å²) in [5.41, 5.74) is 1.66. The molecule has 164 valence electrons. The van der Waals surface area contributed by atoms with Gasteiger partial charge in [0.05, 0.1) is 26.4 Å². The highest BCUT2D eigenvalue weighted by Gasteiger charge is 2.31. The number of hydrogen-bond acceptors (Lipinski definition) is 4. The fourth-order valence-electron chi connectivity index (χ4n) is 3.88. The van der Waals surface area contributed by atoms with Gasteiger partial charge in [-0.05, 0) is 37.5 Å². The molecule has 2 heterocycles. The van der Waals surface area contributed by atoms with Crippen LogP contribution in [0.25, 0.3) is 0 Å². The SMILES string of the molecule is CCNC(=NCc1ccc(F)c(C)c1)NCC(C1CCOC1)N1CCOCC1.I. The van der Waals surface area contributed by atoms with Gasteiger partial charge in [0.1, 0.15) is 5.82 Å². The van der Waals surface area contributed by atoms with Gasteiger partial charge in [-0.2, -0.15) is 0 Å². The zero-order valence-corrected chi connectivity index (χ0v) is 19.8. The number of hydrogen-bond donors (Lipinski definition) is 2. The molecular formula is C21H34FIN4O2. The van der Waals surface area contributed by atoms with Crippen molar-refractivity contribution in [3.05, 3.63) is 35.1 Å². The number of halogens is 2. The van der Waals surface area contributed by atoms with Crippen LogP contribution in [0.4, 0.5) is 4.39 Å². The van der Waals surface area contributed by atoms with Gasteiger partial charge in [0, 0.05) is 44.7 Å². The van der Waals surface area contributed by atoms with Crippen LogP contribution in [-0.2, 0) is 16.0 Å². The number of nitrogens with zero attached hydrogens (tertiary/aromatic N) is 2. The fourth-order valence-corrected chi connectivity index (χ4v) is 3.88. The second-order valence-corrected chi connectivity index (χ2v) is 7.50. The first-order chi connectivity index (χ1) is 13.7. The van der Waals surface area contributed by atoms with E-state index in [1.54, 1.807) is 13.0 Å². The Hall–Kier alpha value is -0.970. The first-order valence-electron chi connectivity index (χ1n) is 10.3. The summed E-state index contributed by atoms with van der Waals surface area (Å²) in [6.45, 7) is 11.2. The van der Waals surface area contributed by atoms with Gasteiger partial charge in [-0.15, -0.1) is 24.0 Å². The van der Waals surface area contributed by atoms with Crippen molar-refractivity contribution in [2.45, 2.75) is 32.9 Å². The molecule has 0 spiro atoms. The number of guanidine groups is 1. The van der Waals surface area contributed by atoms with Crippen LogP contribution in [0, 0.1) is 18.7 Å². The maximum Gasteiger partial charge on any atom is 0.191 e. The summed E-state index contributed by atoms with van der Waals surface area (Å²) >= 11 is 0. The molecule has 0 aliphatic carbocycles. The maximum atomic E-state index is 13.5. The minimum atomic E-state index is -0.176. The second-order valence-electron chi connectivity index (χ2n) is 7.50. The Balaban J connectivity index is 0.00000300. The molecule has 6 nitrogen and oxygen atoms in total. The molecule has 2 N–H and O–H groups in total. The van der Waals surface area contributed by atoms with Crippen LogP contribution in [0.5, 0.6) is 0 Å². The molecular weight excluding hydrogens is 486 g/mol. The van der Waals surface area contributed by atoms with E-state index in [4.69, 9.17) is 14.5 Å². The van der Waals surface area contributed by atoms with Crippen molar-refractivity contribution in [3.63, 3.8) is 0 Å². The lowest BCUT2D eigenvalue weighted by atomic mass is 9.97. The first-order valence-corrected chi connectivity index (χ1v) is 10.3. The van der Waals surface area contributed by atoms with Gasteiger partial charge in [-0.1, -0.05) is 12.1 Å². The van der Waals surface area contributed by atoms with Crippen molar-refractivity contribution >= 4 is 29.9 Å². The van der Waals surface area contributed by atoms with E-state index in [1.165, 1.54) is 6.07 Å². The fraction of sp³-hybridized carbons (Fsp3) is 0.667. The Bertz CT molecular complexity index is 650. The Morgan fingerprint density at radius 1 is 1.24 bits per heavy atom. The van der Waals surface area contributed by atoms with Crippen LogP contribution in [0.15, 0.2) is 23.2 Å². The Morgan fingerprint density at radius 3 is 2.69 bits per heavy atom. The summed E-state index contributed by atoms with van der Waals surface area (Å²) in [5.74, 6) is 1.15. The van der Waals surface area contributed by atoms with Crippen molar-refractivity contribution < 1.29 is 13.9 Å². The zero-order valence-electron chi connectivity index (χ0n) is 17.5. The third-order valence-corrected chi connectivity index (χ3v) is 5.49. The molecule has 0 aromatic heterocycles. The van der Waals surface area contributed by atoms with E-state index in [0.717, 1.165) is 70.6 Å². The number of rotatable bonds is 7. The molecule has 0 saturated carbocycles. The summed E-state index contributed by atoms with van der Waals surface area (Å²) in [5, 5.41) is 6.84. The lowest BCUT2D eigenvalue weighted by Gasteiger charge is -2.37. The van der Waals surface area contributed by atoms with E-state index in [9.17, 15) is 4.39 Å². The molecule has 0 radical (unpaired) electrons. The molecule has 2 atom stereocenters. The lowest BCUT2D eigenvalue weighted by molar-refractivity contribution is 0.00246. The molecule has 2 aliphatic rings. The summed E-state index contributed by atoms with van der Waals surface area (Å²) in [6.07, 6.45) is 1.10. The standard InChI is InChI=1S/C21H33FN4O2.HI/c1-3-23-21(24-13-17-4-5-19(22)16(2)12-17)25-14-20(18-6-9-28-15-18)26-7-10-27-11-8-26;/h4-5,12,18,20H,3,6-11,13-15H2,1-2H3,(H2,23,24,25);1H. The van der Waals surface area contributed by atoms with Crippen molar-refractivity contribution in [1.29, 1.82) is 0 Å². The minimum Gasteiger partial charge on any atom is -0.381 e. The second kappa shape index (κ2) is 12.7. The van der Waals surface area contributed by atoms with Gasteiger partial charge in [-0.25, -0.2) is 9.38 Å². The third-order valence-electron chi connectivity index (χ3n) is 5.49. The predicted molar refractivity (Wildman–Crippen MR) is 124 cm³/mol. The van der Waals surface area contributed by atoms with Crippen molar-refractivity contribution in [1.82, 2.24) is 15.5 Å². The third kappa shape index (κ3) is 7.34. The molecule has 0 amide bonds. The van der Waals surface area contributed by atoms with Crippen LogP contribution in [0.3, 0.4) is 0 Å². The van der Waals surface area contributed by atoms with Crippen LogP contribution >= 0.6 is 24.0 Å². The number of benzene rings is 1. The van der Waals surface area contributed by atoms with E-state index in [-0.39, 0.29) is 29.8 Å². The average molecular weight is 520 g/mol. The normalized spacial score (nSPS) is 21.5. The van der Waals surface area contributed by atoms with Crippen LogP contribution in [0.1, 0.15) is 24.5 Å². The van der Waals surface area contributed by atoms with Crippen LogP contribution < -0.4 is 10.6 Å². The number of ether oxygens (including phenoxy) is 2. The highest BCUT2D eigenvalue weighted by molar-refractivity contribution is 14.0. The number of nitrogens with one attached hydrogen (secondary N) is 2. The first kappa shape index (κ1) is 24.3. The van der Waals surface area contributed by atoms with E-state index < -0.39 is 0 Å². The average Bonchev–Trinajstić information content (AvgIpc) is 3.24. The molecule has 2 fully saturated rings. The Kier molecular flexibility index (Phi) is 10.6. The molecule has 8 heteroatoms. The lowest BCUT2D eigenvalue weighted by Crippen LogP contribution is -2.53. The minimum absolute atomic E-state index is 0. The van der Waals surface area contributed by atoms with Gasteiger partial charge in [0.15, 0.2) is 5.96 Å². The Labute approximate surface area is 190 Å². The highest BCUT2D eigenvalue weighted by atomic mass is 127. The van der Waals surface area contributed by atoms with Crippen molar-refractivity contribution in [2.75, 3.05) is 52.6 Å². The van der Waals surface area contributed by atoms with Crippen LogP contribution in [-0.4, -0.2) is 69.5 Å². The number of morpholine rings is 1. The van der Waals surface area contributed by atoms with Gasteiger partial charge in [0.25, 0.3) is 0 Å². The summed E-state index contributed by atoms with van der Waals surface area (Å²) in [6, 6.07) is 5.56. The van der Waals surface area contributed by atoms with E-state index in [0.29, 0.717) is 24.1 Å². The number of aliphatic imine (C=N–C) groups is 1. The largest absolute Gasteiger partial charge is 0.381 e. The monoisotopic (exact) mass is 520 g/mol. The Morgan fingerprint density at radius 2 is 2.03 bits per heavy atom. The highest BCUT2D eigenvalue weighted by Crippen LogP contribution is 2.21. The molecule has 2 unspecified atom stereocenters. The van der Waals surface area contributed by atoms with E-state index >= 15 is 0 Å². The smallest absolute Gasteiger partial charge is 0.191 e. The summed E-state index contributed by atoms with van der Waals surface area (Å²) in [4.78, 5) is 7.21. The molecule has 0 bridgehead atoms. The molecule has 29 heavy (non-hydrogen) atoms. The van der Waals surface area contributed by atoms with E-state index in [1.807, 2.05) is 6.07 Å². The summed E-state index contributed by atoms with van der Waals surface area (Å²) < 4.78 is 24.6. The topological polar surface area (TPSA) is 58.1 Å². The zero-order chi connectivity index (χ0) is 19.8. The van der Waals surface area contributed by atoms with Gasteiger partial charge in [-0.3, -0.25) is 4.90 Å². The van der Waals surface area contributed by atoms with Crippen molar-refractivity contribution in [3.8, 4) is 0 Å². The number of aryl methyl sites for hydroxylation is 1. The van der Waals surface area contributed by atoms with Gasteiger partial charge >= 0.3 is 0 Å². The molecule has 2 aliphatic heterocycles. The van der Waals surface area contributed by atoms with Crippen LogP contribution in [0.2, 0.25) is 0 Å². The molecule has 1 aromatic carbocycles.